The Hall–Kier alpha value is -3.07. The number of aromatic nitrogens is 1. The number of rotatable bonds is 6. The summed E-state index contributed by atoms with van der Waals surface area (Å²) in [4.78, 5) is 4.71. The molecule has 3 aromatic rings. The van der Waals surface area contributed by atoms with E-state index in [1.165, 1.54) is 12.1 Å². The third-order valence-electron chi connectivity index (χ3n) is 5.82. The largest absolute Gasteiger partial charge is 0.573 e. The van der Waals surface area contributed by atoms with E-state index in [4.69, 9.17) is 4.74 Å². The summed E-state index contributed by atoms with van der Waals surface area (Å²) in [7, 11) is 1.57. The molecule has 1 aliphatic rings. The summed E-state index contributed by atoms with van der Waals surface area (Å²) in [5, 5.41) is 12.3. The number of fused-ring (bicyclic) bond motifs is 1. The van der Waals surface area contributed by atoms with E-state index in [0.717, 1.165) is 49.4 Å². The summed E-state index contributed by atoms with van der Waals surface area (Å²) in [5.74, 6) is 0.355. The van der Waals surface area contributed by atoms with Crippen LogP contribution in [0.5, 0.6) is 17.4 Å². The van der Waals surface area contributed by atoms with Gasteiger partial charge in [-0.3, -0.25) is 0 Å². The maximum absolute atomic E-state index is 12.4. The van der Waals surface area contributed by atoms with Crippen molar-refractivity contribution in [1.82, 2.24) is 9.47 Å². The number of benzene rings is 2. The minimum Gasteiger partial charge on any atom is -0.496 e. The van der Waals surface area contributed by atoms with Gasteiger partial charge in [-0.05, 0) is 30.3 Å². The summed E-state index contributed by atoms with van der Waals surface area (Å²) < 4.78 is 48.2. The van der Waals surface area contributed by atoms with Gasteiger partial charge in [-0.25, -0.2) is 0 Å². The lowest BCUT2D eigenvalue weighted by atomic mass is 10.1. The van der Waals surface area contributed by atoms with Gasteiger partial charge in [0.05, 0.1) is 19.0 Å². The van der Waals surface area contributed by atoms with Crippen LogP contribution in [0.1, 0.15) is 12.5 Å². The van der Waals surface area contributed by atoms with Crippen LogP contribution in [0.3, 0.4) is 0 Å². The van der Waals surface area contributed by atoms with Gasteiger partial charge >= 0.3 is 6.36 Å². The zero-order valence-corrected chi connectivity index (χ0v) is 18.0. The zero-order valence-electron chi connectivity index (χ0n) is 18.0. The number of hydrogen-bond donors (Lipinski definition) is 1. The van der Waals surface area contributed by atoms with Crippen LogP contribution in [0.4, 0.5) is 18.9 Å². The number of methoxy groups -OCH3 is 1. The standard InChI is InChI=1S/C23H26F3N3O3/c1-3-27-8-10-28(11-9-27)18-12-17-15-29(22(30)21(17)20(13-18)31-2)14-16-4-6-19(7-5-16)32-23(24,25)26/h4-7,12-13,15,30H,3,8-11,14H2,1-2H3. The Labute approximate surface area is 184 Å². The smallest absolute Gasteiger partial charge is 0.496 e. The monoisotopic (exact) mass is 449 g/mol. The van der Waals surface area contributed by atoms with E-state index < -0.39 is 6.36 Å². The number of likely N-dealkylation sites (N-methyl/N-ethyl adjacent to an activating group) is 1. The van der Waals surface area contributed by atoms with E-state index >= 15 is 0 Å². The highest BCUT2D eigenvalue weighted by Crippen LogP contribution is 2.39. The first-order chi connectivity index (χ1) is 15.3. The van der Waals surface area contributed by atoms with Crippen molar-refractivity contribution in [2.45, 2.75) is 19.8 Å². The first-order valence-corrected chi connectivity index (χ1v) is 10.5. The highest BCUT2D eigenvalue weighted by Gasteiger charge is 2.31. The van der Waals surface area contributed by atoms with Crippen LogP contribution in [-0.2, 0) is 6.54 Å². The highest BCUT2D eigenvalue weighted by molar-refractivity contribution is 5.96. The van der Waals surface area contributed by atoms with Gasteiger partial charge in [0.2, 0.25) is 5.88 Å². The average molecular weight is 449 g/mol. The second kappa shape index (κ2) is 8.82. The SMILES string of the molecule is CCN1CCN(c2cc(OC)c3c(O)n(Cc4ccc(OC(F)(F)F)cc4)cc3c2)CC1. The number of piperazine rings is 1. The van der Waals surface area contributed by atoms with Crippen molar-refractivity contribution in [1.29, 1.82) is 0 Å². The first kappa shape index (κ1) is 22.1. The Morgan fingerprint density at radius 3 is 2.31 bits per heavy atom. The Morgan fingerprint density at radius 1 is 1.03 bits per heavy atom. The minimum atomic E-state index is -4.73. The fraction of sp³-hybridized carbons (Fsp3) is 0.391. The number of ether oxygens (including phenoxy) is 2. The van der Waals surface area contributed by atoms with Gasteiger partial charge in [0.25, 0.3) is 0 Å². The summed E-state index contributed by atoms with van der Waals surface area (Å²) in [6, 6.07) is 9.59. The third kappa shape index (κ3) is 4.72. The average Bonchev–Trinajstić information content (AvgIpc) is 3.08. The van der Waals surface area contributed by atoms with Crippen LogP contribution in [0.15, 0.2) is 42.6 Å². The first-order valence-electron chi connectivity index (χ1n) is 10.5. The van der Waals surface area contributed by atoms with Gasteiger partial charge in [0.15, 0.2) is 0 Å². The van der Waals surface area contributed by atoms with E-state index in [9.17, 15) is 18.3 Å². The number of anilines is 1. The summed E-state index contributed by atoms with van der Waals surface area (Å²) in [6.07, 6.45) is -2.89. The molecule has 0 aliphatic carbocycles. The Kier molecular flexibility index (Phi) is 6.10. The van der Waals surface area contributed by atoms with Crippen LogP contribution in [0.25, 0.3) is 10.8 Å². The summed E-state index contributed by atoms with van der Waals surface area (Å²) in [5.41, 5.74) is 1.76. The Morgan fingerprint density at radius 2 is 1.72 bits per heavy atom. The molecule has 0 atom stereocenters. The van der Waals surface area contributed by atoms with Gasteiger partial charge in [0.1, 0.15) is 11.5 Å². The van der Waals surface area contributed by atoms with Crippen LogP contribution in [0, 0.1) is 0 Å². The lowest BCUT2D eigenvalue weighted by Crippen LogP contribution is -2.46. The molecule has 0 bridgehead atoms. The molecule has 0 spiro atoms. The minimum absolute atomic E-state index is 0.0508. The van der Waals surface area contributed by atoms with E-state index in [1.54, 1.807) is 23.8 Å². The highest BCUT2D eigenvalue weighted by atomic mass is 19.4. The Bertz CT molecular complexity index is 1070. The van der Waals surface area contributed by atoms with E-state index in [-0.39, 0.29) is 11.6 Å². The number of aromatic hydroxyl groups is 1. The van der Waals surface area contributed by atoms with Crippen molar-refractivity contribution < 1.29 is 27.8 Å². The van der Waals surface area contributed by atoms with Gasteiger partial charge in [-0.2, -0.15) is 0 Å². The number of halogens is 3. The number of alkyl halides is 3. The van der Waals surface area contributed by atoms with E-state index in [0.29, 0.717) is 17.7 Å². The van der Waals surface area contributed by atoms with Gasteiger partial charge in [-0.15, -0.1) is 13.2 Å². The van der Waals surface area contributed by atoms with Crippen molar-refractivity contribution in [3.8, 4) is 17.4 Å². The maximum atomic E-state index is 12.4. The lowest BCUT2D eigenvalue weighted by molar-refractivity contribution is -0.274. The molecule has 9 heteroatoms. The normalized spacial score (nSPS) is 15.3. The van der Waals surface area contributed by atoms with Crippen molar-refractivity contribution in [3.63, 3.8) is 0 Å². The topological polar surface area (TPSA) is 50.1 Å². The molecule has 1 aliphatic heterocycles. The van der Waals surface area contributed by atoms with E-state index in [1.807, 2.05) is 18.3 Å². The molecule has 4 rings (SSSR count). The molecule has 1 fully saturated rings. The number of nitrogens with zero attached hydrogens (tertiary/aromatic N) is 3. The molecule has 32 heavy (non-hydrogen) atoms. The van der Waals surface area contributed by atoms with E-state index in [2.05, 4.69) is 21.5 Å². The molecule has 1 N–H and O–H groups in total. The van der Waals surface area contributed by atoms with Crippen molar-refractivity contribution in [2.24, 2.45) is 0 Å². The molecule has 0 unspecified atom stereocenters. The number of hydrogen-bond acceptors (Lipinski definition) is 5. The molecular formula is C23H26F3N3O3. The fourth-order valence-corrected chi connectivity index (χ4v) is 4.12. The molecule has 0 amide bonds. The molecule has 0 radical (unpaired) electrons. The quantitative estimate of drug-likeness (QED) is 0.603. The third-order valence-corrected chi connectivity index (χ3v) is 5.82. The Balaban J connectivity index is 1.59. The molecule has 172 valence electrons. The van der Waals surface area contributed by atoms with Crippen LogP contribution in [0.2, 0.25) is 0 Å². The molecule has 2 heterocycles. The van der Waals surface area contributed by atoms with Crippen LogP contribution < -0.4 is 14.4 Å². The van der Waals surface area contributed by atoms with Crippen molar-refractivity contribution in [2.75, 3.05) is 44.7 Å². The second-order valence-electron chi connectivity index (χ2n) is 7.81. The molecule has 2 aromatic carbocycles. The lowest BCUT2D eigenvalue weighted by Gasteiger charge is -2.35. The van der Waals surface area contributed by atoms with Gasteiger partial charge in [0, 0.05) is 49.5 Å². The molecule has 6 nitrogen and oxygen atoms in total. The van der Waals surface area contributed by atoms with Gasteiger partial charge in [-0.1, -0.05) is 19.1 Å². The molecule has 1 saturated heterocycles. The molecule has 1 aromatic heterocycles. The van der Waals surface area contributed by atoms with Crippen LogP contribution >= 0.6 is 0 Å². The molecular weight excluding hydrogens is 423 g/mol. The summed E-state index contributed by atoms with van der Waals surface area (Å²) in [6.45, 7) is 7.32. The van der Waals surface area contributed by atoms with Crippen molar-refractivity contribution in [3.05, 3.63) is 48.2 Å². The maximum Gasteiger partial charge on any atom is 0.573 e. The summed E-state index contributed by atoms with van der Waals surface area (Å²) >= 11 is 0. The predicted molar refractivity (Wildman–Crippen MR) is 117 cm³/mol. The molecule has 0 saturated carbocycles. The fourth-order valence-electron chi connectivity index (χ4n) is 4.12. The van der Waals surface area contributed by atoms with Gasteiger partial charge < -0.3 is 28.9 Å². The van der Waals surface area contributed by atoms with Crippen LogP contribution in [-0.4, -0.2) is 60.8 Å². The van der Waals surface area contributed by atoms with Crippen molar-refractivity contribution >= 4 is 16.5 Å². The predicted octanol–water partition coefficient (Wildman–Crippen LogP) is 4.44. The zero-order chi connectivity index (χ0) is 22.9. The second-order valence-corrected chi connectivity index (χ2v) is 7.81.